The van der Waals surface area contributed by atoms with E-state index in [-0.39, 0.29) is 13.0 Å². The highest BCUT2D eigenvalue weighted by atomic mass is 16.5. The zero-order chi connectivity index (χ0) is 13.7. The number of carbonyl (C=O) groups excluding carboxylic acids is 1. The third-order valence-electron chi connectivity index (χ3n) is 2.81. The maximum absolute atomic E-state index is 11.0. The van der Waals surface area contributed by atoms with Gasteiger partial charge in [0.15, 0.2) is 0 Å². The number of benzene rings is 2. The summed E-state index contributed by atoms with van der Waals surface area (Å²) in [6.07, 6.45) is -0.937. The minimum Gasteiger partial charge on any atom is -0.490 e. The van der Waals surface area contributed by atoms with Crippen LogP contribution in [0.5, 0.6) is 5.75 Å². The van der Waals surface area contributed by atoms with Crippen LogP contribution >= 0.6 is 0 Å². The molecule has 0 saturated heterocycles. The summed E-state index contributed by atoms with van der Waals surface area (Å²) in [4.78, 5) is 11.0. The molecular formula is C15H16O4. The zero-order valence-corrected chi connectivity index (χ0v) is 10.7. The number of aliphatic hydroxyl groups excluding tert-OH is 1. The van der Waals surface area contributed by atoms with Gasteiger partial charge in [-0.25, -0.2) is 0 Å². The maximum Gasteiger partial charge on any atom is 0.308 e. The van der Waals surface area contributed by atoms with Crippen molar-refractivity contribution in [1.82, 2.24) is 0 Å². The van der Waals surface area contributed by atoms with E-state index in [4.69, 9.17) is 4.74 Å². The number of hydrogen-bond acceptors (Lipinski definition) is 4. The van der Waals surface area contributed by atoms with Crippen molar-refractivity contribution in [2.75, 3.05) is 13.7 Å². The fourth-order valence-corrected chi connectivity index (χ4v) is 1.84. The largest absolute Gasteiger partial charge is 0.490 e. The Bertz CT molecular complexity index is 560. The fourth-order valence-electron chi connectivity index (χ4n) is 1.84. The van der Waals surface area contributed by atoms with Crippen LogP contribution in [0.1, 0.15) is 6.42 Å². The lowest BCUT2D eigenvalue weighted by atomic mass is 10.1. The van der Waals surface area contributed by atoms with Gasteiger partial charge in [-0.05, 0) is 11.5 Å². The first-order chi connectivity index (χ1) is 9.20. The standard InChI is InChI=1S/C15H16O4/c1-18-15(17)9-12(16)10-19-14-8-4-6-11-5-2-3-7-13(11)14/h2-8,12,16H,9-10H2,1H3/t12-/m1/s1. The topological polar surface area (TPSA) is 55.8 Å². The first-order valence-corrected chi connectivity index (χ1v) is 6.06. The summed E-state index contributed by atoms with van der Waals surface area (Å²) < 4.78 is 10.1. The van der Waals surface area contributed by atoms with Gasteiger partial charge in [0.1, 0.15) is 12.4 Å². The van der Waals surface area contributed by atoms with Crippen LogP contribution in [0.2, 0.25) is 0 Å². The first kappa shape index (κ1) is 13.4. The summed E-state index contributed by atoms with van der Waals surface area (Å²) in [5.41, 5.74) is 0. The molecule has 0 aromatic heterocycles. The minimum absolute atomic E-state index is 0.0586. The number of methoxy groups -OCH3 is 1. The summed E-state index contributed by atoms with van der Waals surface area (Å²) in [6, 6.07) is 13.6. The molecule has 4 heteroatoms. The number of ether oxygens (including phenoxy) is 2. The lowest BCUT2D eigenvalue weighted by Crippen LogP contribution is -2.22. The molecule has 2 aromatic carbocycles. The summed E-state index contributed by atoms with van der Waals surface area (Å²) in [6.45, 7) is 0.0586. The van der Waals surface area contributed by atoms with Crippen LogP contribution in [-0.2, 0) is 9.53 Å². The van der Waals surface area contributed by atoms with Crippen molar-refractivity contribution in [3.8, 4) is 5.75 Å². The average molecular weight is 260 g/mol. The molecule has 0 aliphatic heterocycles. The average Bonchev–Trinajstić information content (AvgIpc) is 2.44. The molecule has 0 aliphatic rings. The molecule has 0 heterocycles. The molecular weight excluding hydrogens is 244 g/mol. The Morgan fingerprint density at radius 3 is 2.74 bits per heavy atom. The highest BCUT2D eigenvalue weighted by molar-refractivity contribution is 5.88. The molecule has 2 aromatic rings. The third kappa shape index (κ3) is 3.45. The molecule has 2 rings (SSSR count). The quantitative estimate of drug-likeness (QED) is 0.837. The third-order valence-corrected chi connectivity index (χ3v) is 2.81. The van der Waals surface area contributed by atoms with E-state index in [0.29, 0.717) is 5.75 Å². The normalized spacial score (nSPS) is 12.1. The van der Waals surface area contributed by atoms with Crippen LogP contribution in [0.3, 0.4) is 0 Å². The zero-order valence-electron chi connectivity index (χ0n) is 10.7. The Hall–Kier alpha value is -2.07. The van der Waals surface area contributed by atoms with Crippen molar-refractivity contribution < 1.29 is 19.4 Å². The van der Waals surface area contributed by atoms with Crippen molar-refractivity contribution in [2.24, 2.45) is 0 Å². The molecule has 0 bridgehead atoms. The summed E-state index contributed by atoms with van der Waals surface area (Å²) in [5, 5.41) is 11.7. The van der Waals surface area contributed by atoms with E-state index in [1.54, 1.807) is 0 Å². The number of aliphatic hydroxyl groups is 1. The van der Waals surface area contributed by atoms with Crippen molar-refractivity contribution in [2.45, 2.75) is 12.5 Å². The molecule has 0 saturated carbocycles. The van der Waals surface area contributed by atoms with Gasteiger partial charge in [0, 0.05) is 5.39 Å². The van der Waals surface area contributed by atoms with Gasteiger partial charge in [0.25, 0.3) is 0 Å². The second kappa shape index (κ2) is 6.20. The van der Waals surface area contributed by atoms with E-state index in [2.05, 4.69) is 4.74 Å². The van der Waals surface area contributed by atoms with Crippen LogP contribution in [-0.4, -0.2) is 30.9 Å². The predicted molar refractivity (Wildman–Crippen MR) is 72.1 cm³/mol. The molecule has 0 spiro atoms. The van der Waals surface area contributed by atoms with Gasteiger partial charge >= 0.3 is 5.97 Å². The Morgan fingerprint density at radius 1 is 1.21 bits per heavy atom. The van der Waals surface area contributed by atoms with Crippen molar-refractivity contribution in [1.29, 1.82) is 0 Å². The van der Waals surface area contributed by atoms with Crippen molar-refractivity contribution in [3.05, 3.63) is 42.5 Å². The van der Waals surface area contributed by atoms with E-state index in [9.17, 15) is 9.90 Å². The Morgan fingerprint density at radius 2 is 1.95 bits per heavy atom. The maximum atomic E-state index is 11.0. The molecule has 0 unspecified atom stereocenters. The van der Waals surface area contributed by atoms with Gasteiger partial charge in [-0.3, -0.25) is 4.79 Å². The Balaban J connectivity index is 2.04. The molecule has 1 atom stereocenters. The molecule has 0 fully saturated rings. The van der Waals surface area contributed by atoms with E-state index < -0.39 is 12.1 Å². The summed E-state index contributed by atoms with van der Waals surface area (Å²) in [5.74, 6) is 0.246. The monoisotopic (exact) mass is 260 g/mol. The van der Waals surface area contributed by atoms with Crippen LogP contribution in [0.15, 0.2) is 42.5 Å². The van der Waals surface area contributed by atoms with Crippen LogP contribution < -0.4 is 4.74 Å². The molecule has 19 heavy (non-hydrogen) atoms. The lowest BCUT2D eigenvalue weighted by Gasteiger charge is -2.13. The summed E-state index contributed by atoms with van der Waals surface area (Å²) in [7, 11) is 1.29. The predicted octanol–water partition coefficient (Wildman–Crippen LogP) is 2.14. The van der Waals surface area contributed by atoms with Gasteiger partial charge in [-0.2, -0.15) is 0 Å². The number of esters is 1. The van der Waals surface area contributed by atoms with E-state index in [0.717, 1.165) is 10.8 Å². The number of rotatable bonds is 5. The Kier molecular flexibility index (Phi) is 4.36. The number of fused-ring (bicyclic) bond motifs is 1. The van der Waals surface area contributed by atoms with E-state index in [1.807, 2.05) is 42.5 Å². The SMILES string of the molecule is COC(=O)C[C@@H](O)COc1cccc2ccccc12. The molecule has 4 nitrogen and oxygen atoms in total. The van der Waals surface area contributed by atoms with Gasteiger partial charge in [0.05, 0.1) is 19.6 Å². The minimum atomic E-state index is -0.869. The summed E-state index contributed by atoms with van der Waals surface area (Å²) >= 11 is 0. The molecule has 0 radical (unpaired) electrons. The van der Waals surface area contributed by atoms with Crippen LogP contribution in [0.25, 0.3) is 10.8 Å². The molecule has 100 valence electrons. The molecule has 0 amide bonds. The van der Waals surface area contributed by atoms with Gasteiger partial charge < -0.3 is 14.6 Å². The molecule has 1 N–H and O–H groups in total. The Labute approximate surface area is 111 Å². The van der Waals surface area contributed by atoms with Gasteiger partial charge in [0.2, 0.25) is 0 Å². The second-order valence-electron chi connectivity index (χ2n) is 4.22. The highest BCUT2D eigenvalue weighted by Crippen LogP contribution is 2.25. The van der Waals surface area contributed by atoms with Gasteiger partial charge in [-0.1, -0.05) is 36.4 Å². The van der Waals surface area contributed by atoms with Crippen LogP contribution in [0.4, 0.5) is 0 Å². The molecule has 0 aliphatic carbocycles. The van der Waals surface area contributed by atoms with Crippen molar-refractivity contribution in [3.63, 3.8) is 0 Å². The number of carbonyl (C=O) groups is 1. The lowest BCUT2D eigenvalue weighted by molar-refractivity contribution is -0.143. The van der Waals surface area contributed by atoms with E-state index >= 15 is 0 Å². The first-order valence-electron chi connectivity index (χ1n) is 6.06. The van der Waals surface area contributed by atoms with Crippen molar-refractivity contribution >= 4 is 16.7 Å². The van der Waals surface area contributed by atoms with E-state index in [1.165, 1.54) is 7.11 Å². The second-order valence-corrected chi connectivity index (χ2v) is 4.22. The smallest absolute Gasteiger partial charge is 0.308 e. The fraction of sp³-hybridized carbons (Fsp3) is 0.267. The highest BCUT2D eigenvalue weighted by Gasteiger charge is 2.12. The van der Waals surface area contributed by atoms with Gasteiger partial charge in [-0.15, -0.1) is 0 Å². The van der Waals surface area contributed by atoms with Crippen LogP contribution in [0, 0.1) is 0 Å². The number of hydrogen-bond donors (Lipinski definition) is 1.